The second kappa shape index (κ2) is 3.91. The Morgan fingerprint density at radius 2 is 1.53 bits per heavy atom. The Morgan fingerprint density at radius 3 is 2.00 bits per heavy atom. The number of rotatable bonds is 1. The largest absolute Gasteiger partial charge is 0.296 e. The fraction of sp³-hybridized carbons (Fsp3) is 0.333. The normalized spacial score (nSPS) is 19.0. The van der Waals surface area contributed by atoms with E-state index >= 15 is 0 Å². The van der Waals surface area contributed by atoms with Crippen LogP contribution in [0.4, 0.5) is 8.78 Å². The zero-order valence-corrected chi connectivity index (χ0v) is 9.22. The molecule has 0 radical (unpaired) electrons. The summed E-state index contributed by atoms with van der Waals surface area (Å²) in [6.45, 7) is 1.65. The fourth-order valence-electron chi connectivity index (χ4n) is 2.12. The van der Waals surface area contributed by atoms with Crippen LogP contribution in [0, 0.1) is 11.6 Å². The van der Waals surface area contributed by atoms with Crippen molar-refractivity contribution in [3.63, 3.8) is 0 Å². The van der Waals surface area contributed by atoms with Crippen LogP contribution in [0.1, 0.15) is 25.3 Å². The minimum Gasteiger partial charge on any atom is -0.296 e. The summed E-state index contributed by atoms with van der Waals surface area (Å²) in [7, 11) is 0. The Kier molecular flexibility index (Phi) is 2.69. The highest BCUT2D eigenvalue weighted by molar-refractivity contribution is 5.99. The van der Waals surface area contributed by atoms with Gasteiger partial charge in [0.15, 0.2) is 0 Å². The highest BCUT2D eigenvalue weighted by atomic mass is 19.1. The molecule has 3 nitrogen and oxygen atoms in total. The first-order chi connectivity index (χ1) is 7.89. The smallest absolute Gasteiger partial charge is 0.227 e. The van der Waals surface area contributed by atoms with Crippen molar-refractivity contribution in [3.8, 4) is 0 Å². The average molecular weight is 239 g/mol. The molecular formula is C12H11F2NO2. The molecule has 0 bridgehead atoms. The molecule has 1 aliphatic rings. The monoisotopic (exact) mass is 239 g/mol. The first-order valence-electron chi connectivity index (χ1n) is 5.18. The van der Waals surface area contributed by atoms with Gasteiger partial charge in [0.2, 0.25) is 11.8 Å². The molecule has 1 aromatic carbocycles. The van der Waals surface area contributed by atoms with Crippen LogP contribution >= 0.6 is 0 Å². The van der Waals surface area contributed by atoms with Gasteiger partial charge in [0.1, 0.15) is 11.6 Å². The highest BCUT2D eigenvalue weighted by Crippen LogP contribution is 2.34. The molecule has 0 aliphatic carbocycles. The Morgan fingerprint density at radius 1 is 1.06 bits per heavy atom. The number of hydrogen-bond acceptors (Lipinski definition) is 2. The van der Waals surface area contributed by atoms with Crippen LogP contribution in [0.15, 0.2) is 18.2 Å². The lowest BCUT2D eigenvalue weighted by Crippen LogP contribution is -2.45. The summed E-state index contributed by atoms with van der Waals surface area (Å²) in [4.78, 5) is 22.6. The molecule has 0 spiro atoms. The average Bonchev–Trinajstić information content (AvgIpc) is 2.13. The van der Waals surface area contributed by atoms with E-state index in [1.54, 1.807) is 6.92 Å². The molecule has 17 heavy (non-hydrogen) atoms. The van der Waals surface area contributed by atoms with Gasteiger partial charge >= 0.3 is 0 Å². The minimum atomic E-state index is -0.845. The van der Waals surface area contributed by atoms with E-state index in [1.165, 1.54) is 0 Å². The van der Waals surface area contributed by atoms with Crippen LogP contribution in [-0.4, -0.2) is 11.8 Å². The molecule has 1 heterocycles. The van der Waals surface area contributed by atoms with Gasteiger partial charge in [0.25, 0.3) is 0 Å². The molecule has 1 aliphatic heterocycles. The van der Waals surface area contributed by atoms with Crippen molar-refractivity contribution in [1.29, 1.82) is 0 Å². The minimum absolute atomic E-state index is 0.0433. The lowest BCUT2D eigenvalue weighted by atomic mass is 9.74. The van der Waals surface area contributed by atoms with Crippen molar-refractivity contribution >= 4 is 11.8 Å². The summed E-state index contributed by atoms with van der Waals surface area (Å²) >= 11 is 0. The van der Waals surface area contributed by atoms with E-state index in [1.807, 2.05) is 0 Å². The van der Waals surface area contributed by atoms with Gasteiger partial charge in [-0.2, -0.15) is 0 Å². The second-order valence-corrected chi connectivity index (χ2v) is 4.54. The molecule has 2 rings (SSSR count). The van der Waals surface area contributed by atoms with Crippen LogP contribution in [0.5, 0.6) is 0 Å². The standard InChI is InChI=1S/C12H11F2NO2/c1-12(5-10(16)15-11(17)6-12)7-2-8(13)4-9(14)3-7/h2-4H,5-6H2,1H3,(H,15,16,17). The molecule has 0 aromatic heterocycles. The quantitative estimate of drug-likeness (QED) is 0.757. The van der Waals surface area contributed by atoms with Crippen LogP contribution in [0.2, 0.25) is 0 Å². The molecule has 1 fully saturated rings. The third kappa shape index (κ3) is 2.33. The zero-order chi connectivity index (χ0) is 12.6. The van der Waals surface area contributed by atoms with Gasteiger partial charge in [-0.1, -0.05) is 6.92 Å². The van der Waals surface area contributed by atoms with Crippen LogP contribution in [0.25, 0.3) is 0 Å². The number of carbonyl (C=O) groups is 2. The number of nitrogens with one attached hydrogen (secondary N) is 1. The van der Waals surface area contributed by atoms with Gasteiger partial charge in [0, 0.05) is 24.3 Å². The van der Waals surface area contributed by atoms with Crippen molar-refractivity contribution in [2.24, 2.45) is 0 Å². The fourth-order valence-corrected chi connectivity index (χ4v) is 2.12. The molecule has 0 atom stereocenters. The molecule has 5 heteroatoms. The summed E-state index contributed by atoms with van der Waals surface area (Å²) in [5.41, 5.74) is -0.513. The van der Waals surface area contributed by atoms with Gasteiger partial charge < -0.3 is 0 Å². The topological polar surface area (TPSA) is 46.2 Å². The number of halogens is 2. The molecule has 1 saturated heterocycles. The van der Waals surface area contributed by atoms with E-state index in [0.29, 0.717) is 5.56 Å². The maximum absolute atomic E-state index is 13.1. The van der Waals surface area contributed by atoms with Gasteiger partial charge in [-0.25, -0.2) is 8.78 Å². The molecule has 90 valence electrons. The van der Waals surface area contributed by atoms with Crippen molar-refractivity contribution in [1.82, 2.24) is 5.32 Å². The van der Waals surface area contributed by atoms with Crippen molar-refractivity contribution in [2.45, 2.75) is 25.2 Å². The number of imide groups is 1. The molecule has 0 saturated carbocycles. The number of carbonyl (C=O) groups excluding carboxylic acids is 2. The van der Waals surface area contributed by atoms with Crippen LogP contribution < -0.4 is 5.32 Å². The lowest BCUT2D eigenvalue weighted by Gasteiger charge is -2.32. The maximum atomic E-state index is 13.1. The van der Waals surface area contributed by atoms with Gasteiger partial charge in [-0.15, -0.1) is 0 Å². The van der Waals surface area contributed by atoms with E-state index < -0.39 is 28.9 Å². The Labute approximate surface area is 96.8 Å². The summed E-state index contributed by atoms with van der Waals surface area (Å²) in [5, 5.41) is 2.17. The first kappa shape index (κ1) is 11.7. The summed E-state index contributed by atoms with van der Waals surface area (Å²) < 4.78 is 26.2. The Bertz CT molecular complexity index is 463. The predicted octanol–water partition coefficient (Wildman–Crippen LogP) is 1.66. The lowest BCUT2D eigenvalue weighted by molar-refractivity contribution is -0.135. The van der Waals surface area contributed by atoms with Crippen molar-refractivity contribution in [3.05, 3.63) is 35.4 Å². The van der Waals surface area contributed by atoms with Gasteiger partial charge in [-0.3, -0.25) is 14.9 Å². The number of hydrogen-bond donors (Lipinski definition) is 1. The number of piperidine rings is 1. The summed E-state index contributed by atoms with van der Waals surface area (Å²) in [5.74, 6) is -2.26. The van der Waals surface area contributed by atoms with E-state index in [2.05, 4.69) is 5.32 Å². The summed E-state index contributed by atoms with van der Waals surface area (Å²) in [6.07, 6.45) is 0.0866. The SMILES string of the molecule is CC1(c2cc(F)cc(F)c2)CC(=O)NC(=O)C1. The molecule has 2 amide bonds. The van der Waals surface area contributed by atoms with Crippen molar-refractivity contribution in [2.75, 3.05) is 0 Å². The molecule has 1 N–H and O–H groups in total. The maximum Gasteiger partial charge on any atom is 0.227 e. The third-order valence-electron chi connectivity index (χ3n) is 2.94. The van der Waals surface area contributed by atoms with Crippen LogP contribution in [0.3, 0.4) is 0 Å². The summed E-state index contributed by atoms with van der Waals surface area (Å²) in [6, 6.07) is 3.08. The van der Waals surface area contributed by atoms with E-state index in [0.717, 1.165) is 18.2 Å². The molecular weight excluding hydrogens is 228 g/mol. The zero-order valence-electron chi connectivity index (χ0n) is 9.22. The Balaban J connectivity index is 2.43. The van der Waals surface area contributed by atoms with Gasteiger partial charge in [0.05, 0.1) is 0 Å². The second-order valence-electron chi connectivity index (χ2n) is 4.54. The highest BCUT2D eigenvalue weighted by Gasteiger charge is 2.37. The van der Waals surface area contributed by atoms with E-state index in [-0.39, 0.29) is 12.8 Å². The molecule has 1 aromatic rings. The van der Waals surface area contributed by atoms with E-state index in [4.69, 9.17) is 0 Å². The Hall–Kier alpha value is -1.78. The number of amides is 2. The van der Waals surface area contributed by atoms with Crippen molar-refractivity contribution < 1.29 is 18.4 Å². The molecule has 0 unspecified atom stereocenters. The predicted molar refractivity (Wildman–Crippen MR) is 56.1 cm³/mol. The van der Waals surface area contributed by atoms with Crippen LogP contribution in [-0.2, 0) is 15.0 Å². The first-order valence-corrected chi connectivity index (χ1v) is 5.18. The third-order valence-corrected chi connectivity index (χ3v) is 2.94. The number of benzene rings is 1. The van der Waals surface area contributed by atoms with E-state index in [9.17, 15) is 18.4 Å². The van der Waals surface area contributed by atoms with Gasteiger partial charge in [-0.05, 0) is 17.7 Å².